The van der Waals surface area contributed by atoms with Gasteiger partial charge >= 0.3 is 10.4 Å². The molecule has 0 aliphatic carbocycles. The van der Waals surface area contributed by atoms with E-state index in [2.05, 4.69) is 38.2 Å². The van der Waals surface area contributed by atoms with Crippen LogP contribution < -0.4 is 0 Å². The molecule has 0 unspecified atom stereocenters. The lowest BCUT2D eigenvalue weighted by atomic mass is 10.1. The second-order valence-electron chi connectivity index (χ2n) is 6.03. The molecular weight excluding hydrogens is 324 g/mol. The van der Waals surface area contributed by atoms with Crippen molar-refractivity contribution in [3.8, 4) is 0 Å². The first kappa shape index (κ1) is 25.6. The van der Waals surface area contributed by atoms with Gasteiger partial charge in [0, 0.05) is 0 Å². The molecule has 0 heterocycles. The fourth-order valence-electron chi connectivity index (χ4n) is 2.24. The van der Waals surface area contributed by atoms with E-state index in [1.165, 1.54) is 77.0 Å². The summed E-state index contributed by atoms with van der Waals surface area (Å²) < 4.78 is 31.6. The number of rotatable bonds is 14. The van der Waals surface area contributed by atoms with Gasteiger partial charge in [-0.3, -0.25) is 9.11 Å². The molecule has 4 nitrogen and oxygen atoms in total. The normalized spacial score (nSPS) is 11.8. The second kappa shape index (κ2) is 20.4. The maximum absolute atomic E-state index is 8.74. The Bertz CT molecular complexity index is 378. The first-order chi connectivity index (χ1) is 11.4. The third kappa shape index (κ3) is 37.5. The van der Waals surface area contributed by atoms with Crippen molar-refractivity contribution in [3.63, 3.8) is 0 Å². The average molecular weight is 363 g/mol. The molecule has 0 saturated carbocycles. The summed E-state index contributed by atoms with van der Waals surface area (Å²) in [6.45, 7) is 4.54. The summed E-state index contributed by atoms with van der Waals surface area (Å²) in [5.41, 5.74) is 0. The highest BCUT2D eigenvalue weighted by atomic mass is 32.3. The summed E-state index contributed by atoms with van der Waals surface area (Å²) in [5.74, 6) is 0. The molecule has 0 aliphatic rings. The van der Waals surface area contributed by atoms with Crippen LogP contribution in [0.3, 0.4) is 0 Å². The maximum Gasteiger partial charge on any atom is 0.394 e. The van der Waals surface area contributed by atoms with Crippen LogP contribution >= 0.6 is 0 Å². The molecule has 2 N–H and O–H groups in total. The Labute approximate surface area is 150 Å². The molecule has 0 aliphatic heterocycles. The van der Waals surface area contributed by atoms with Crippen molar-refractivity contribution < 1.29 is 17.5 Å². The predicted octanol–water partition coefficient (Wildman–Crippen LogP) is 6.56. The fraction of sp³-hybridized carbons (Fsp3) is 0.789. The van der Waals surface area contributed by atoms with Crippen LogP contribution in [0.2, 0.25) is 0 Å². The highest BCUT2D eigenvalue weighted by molar-refractivity contribution is 7.79. The van der Waals surface area contributed by atoms with Crippen molar-refractivity contribution in [2.75, 3.05) is 0 Å². The van der Waals surface area contributed by atoms with Crippen molar-refractivity contribution in [2.45, 2.75) is 97.3 Å². The Kier molecular flexibility index (Phi) is 21.7. The van der Waals surface area contributed by atoms with E-state index in [1.807, 2.05) is 0 Å². The van der Waals surface area contributed by atoms with Crippen molar-refractivity contribution >= 4 is 10.4 Å². The maximum atomic E-state index is 8.74. The highest BCUT2D eigenvalue weighted by Crippen LogP contribution is 2.08. The first-order valence-corrected chi connectivity index (χ1v) is 10.8. The third-order valence-corrected chi connectivity index (χ3v) is 3.55. The van der Waals surface area contributed by atoms with Gasteiger partial charge in [0.1, 0.15) is 0 Å². The number of hydrogen-bond acceptors (Lipinski definition) is 2. The molecule has 0 aromatic rings. The lowest BCUT2D eigenvalue weighted by molar-refractivity contribution is 0.381. The van der Waals surface area contributed by atoms with E-state index in [4.69, 9.17) is 17.5 Å². The lowest BCUT2D eigenvalue weighted by Crippen LogP contribution is -1.89. The molecule has 0 atom stereocenters. The first-order valence-electron chi connectivity index (χ1n) is 9.41. The minimum absolute atomic E-state index is 1.13. The number of unbranched alkanes of at least 4 members (excludes halogenated alkanes) is 10. The largest absolute Gasteiger partial charge is 0.394 e. The summed E-state index contributed by atoms with van der Waals surface area (Å²) in [7, 11) is -4.67. The molecule has 0 saturated heterocycles. The van der Waals surface area contributed by atoms with Gasteiger partial charge in [0.15, 0.2) is 0 Å². The Morgan fingerprint density at radius 2 is 0.958 bits per heavy atom. The van der Waals surface area contributed by atoms with E-state index in [-0.39, 0.29) is 0 Å². The van der Waals surface area contributed by atoms with E-state index in [1.54, 1.807) is 0 Å². The Morgan fingerprint density at radius 3 is 1.42 bits per heavy atom. The van der Waals surface area contributed by atoms with Crippen molar-refractivity contribution in [1.29, 1.82) is 0 Å². The van der Waals surface area contributed by atoms with E-state index in [0.717, 1.165) is 6.42 Å². The van der Waals surface area contributed by atoms with Crippen molar-refractivity contribution in [3.05, 3.63) is 24.3 Å². The quantitative estimate of drug-likeness (QED) is 0.208. The molecule has 0 aromatic heterocycles. The van der Waals surface area contributed by atoms with Crippen LogP contribution in [0.15, 0.2) is 24.3 Å². The molecule has 144 valence electrons. The third-order valence-electron chi connectivity index (χ3n) is 3.55. The molecule has 5 heteroatoms. The molecule has 0 spiro atoms. The van der Waals surface area contributed by atoms with Crippen LogP contribution in [-0.2, 0) is 10.4 Å². The standard InChI is InChI=1S/C19H36.H2O4S/c1-3-5-7-9-11-13-15-17-19-18-16-14-12-10-8-6-4-2;1-5(2,3)4/h11,13,17,19H,3-10,12,14-16,18H2,1-2H3;(H2,1,2,3,4)/b13-11-,19-17-;. The predicted molar refractivity (Wildman–Crippen MR) is 104 cm³/mol. The van der Waals surface area contributed by atoms with Crippen molar-refractivity contribution in [2.24, 2.45) is 0 Å². The van der Waals surface area contributed by atoms with Gasteiger partial charge in [-0.15, -0.1) is 0 Å². The SMILES string of the molecule is CCCCC/C=C\C/C=C\CCCCCCCCC.O=S(=O)(O)O. The van der Waals surface area contributed by atoms with Gasteiger partial charge in [-0.2, -0.15) is 8.42 Å². The van der Waals surface area contributed by atoms with Gasteiger partial charge in [-0.05, 0) is 32.1 Å². The Hall–Kier alpha value is -0.650. The summed E-state index contributed by atoms with van der Waals surface area (Å²) in [4.78, 5) is 0. The number of allylic oxidation sites excluding steroid dienone is 4. The van der Waals surface area contributed by atoms with E-state index in [9.17, 15) is 0 Å². The smallest absolute Gasteiger partial charge is 0.264 e. The van der Waals surface area contributed by atoms with E-state index in [0.29, 0.717) is 0 Å². The molecule has 0 fully saturated rings. The van der Waals surface area contributed by atoms with Crippen LogP contribution in [0.25, 0.3) is 0 Å². The summed E-state index contributed by atoms with van der Waals surface area (Å²) in [6.07, 6.45) is 27.0. The molecule has 0 radical (unpaired) electrons. The molecule has 0 amide bonds. The van der Waals surface area contributed by atoms with Gasteiger partial charge in [0.05, 0.1) is 0 Å². The lowest BCUT2D eigenvalue weighted by Gasteiger charge is -1.98. The average Bonchev–Trinajstić information content (AvgIpc) is 2.49. The van der Waals surface area contributed by atoms with Gasteiger partial charge < -0.3 is 0 Å². The second-order valence-corrected chi connectivity index (χ2v) is 6.93. The summed E-state index contributed by atoms with van der Waals surface area (Å²) >= 11 is 0. The van der Waals surface area contributed by atoms with E-state index >= 15 is 0 Å². The van der Waals surface area contributed by atoms with Crippen LogP contribution in [0.1, 0.15) is 97.3 Å². The molecule has 0 aromatic carbocycles. The number of hydrogen-bond donors (Lipinski definition) is 2. The monoisotopic (exact) mass is 362 g/mol. The zero-order valence-electron chi connectivity index (χ0n) is 15.6. The molecule has 0 bridgehead atoms. The highest BCUT2D eigenvalue weighted by Gasteiger charge is 1.89. The molecular formula is C19H38O4S. The zero-order valence-corrected chi connectivity index (χ0v) is 16.4. The summed E-state index contributed by atoms with van der Waals surface area (Å²) in [6, 6.07) is 0. The Balaban J connectivity index is 0. The minimum atomic E-state index is -4.67. The molecule has 0 rings (SSSR count). The summed E-state index contributed by atoms with van der Waals surface area (Å²) in [5, 5.41) is 0. The Morgan fingerprint density at radius 1 is 0.625 bits per heavy atom. The topological polar surface area (TPSA) is 74.6 Å². The van der Waals surface area contributed by atoms with Crippen LogP contribution in [-0.4, -0.2) is 17.5 Å². The van der Waals surface area contributed by atoms with Gasteiger partial charge in [0.2, 0.25) is 0 Å². The van der Waals surface area contributed by atoms with Gasteiger partial charge in [-0.1, -0.05) is 89.5 Å². The van der Waals surface area contributed by atoms with Crippen LogP contribution in [0.5, 0.6) is 0 Å². The fourth-order valence-corrected chi connectivity index (χ4v) is 2.24. The van der Waals surface area contributed by atoms with Crippen LogP contribution in [0, 0.1) is 0 Å². The van der Waals surface area contributed by atoms with E-state index < -0.39 is 10.4 Å². The van der Waals surface area contributed by atoms with Gasteiger partial charge in [-0.25, -0.2) is 0 Å². The van der Waals surface area contributed by atoms with Crippen molar-refractivity contribution in [1.82, 2.24) is 0 Å². The minimum Gasteiger partial charge on any atom is -0.264 e. The van der Waals surface area contributed by atoms with Gasteiger partial charge in [0.25, 0.3) is 0 Å². The molecule has 24 heavy (non-hydrogen) atoms. The zero-order chi connectivity index (χ0) is 18.5. The van der Waals surface area contributed by atoms with Crippen LogP contribution in [0.4, 0.5) is 0 Å².